The minimum Gasteiger partial charge on any atom is -0.482 e. The van der Waals surface area contributed by atoms with Crippen molar-refractivity contribution >= 4 is 17.2 Å². The molecule has 25 heavy (non-hydrogen) atoms. The Balaban J connectivity index is 1.39. The lowest BCUT2D eigenvalue weighted by Crippen LogP contribution is -2.48. The second-order valence-corrected chi connectivity index (χ2v) is 6.46. The molecule has 0 radical (unpaired) electrons. The highest BCUT2D eigenvalue weighted by atomic mass is 32.1. The van der Waals surface area contributed by atoms with E-state index >= 15 is 0 Å². The summed E-state index contributed by atoms with van der Waals surface area (Å²) in [5.74, 6) is 1.74. The zero-order valence-corrected chi connectivity index (χ0v) is 14.2. The van der Waals surface area contributed by atoms with E-state index in [1.165, 1.54) is 11.3 Å². The molecule has 128 valence electrons. The average Bonchev–Trinajstić information content (AvgIpc) is 3.30. The Hall–Kier alpha value is -2.87. The second kappa shape index (κ2) is 6.56. The molecule has 1 aliphatic rings. The van der Waals surface area contributed by atoms with Crippen LogP contribution in [0.4, 0.5) is 0 Å². The minimum absolute atomic E-state index is 0.130. The number of benzene rings is 1. The molecule has 7 nitrogen and oxygen atoms in total. The topological polar surface area (TPSA) is 86.5 Å². The minimum atomic E-state index is -0.741. The monoisotopic (exact) mass is 357 g/mol. The number of hydrogen-bond donors (Lipinski definition) is 1. The zero-order valence-electron chi connectivity index (χ0n) is 13.3. The van der Waals surface area contributed by atoms with E-state index in [4.69, 9.17) is 14.0 Å². The van der Waals surface area contributed by atoms with E-state index in [-0.39, 0.29) is 12.5 Å². The van der Waals surface area contributed by atoms with Gasteiger partial charge in [-0.05, 0) is 30.5 Å². The quantitative estimate of drug-likeness (QED) is 0.772. The van der Waals surface area contributed by atoms with Gasteiger partial charge in [-0.2, -0.15) is 4.98 Å². The van der Waals surface area contributed by atoms with E-state index in [1.807, 2.05) is 35.7 Å². The third-order valence-electron chi connectivity index (χ3n) is 3.72. The van der Waals surface area contributed by atoms with Crippen molar-refractivity contribution in [2.45, 2.75) is 25.7 Å². The van der Waals surface area contributed by atoms with Gasteiger partial charge in [-0.15, -0.1) is 11.3 Å². The molecule has 1 aromatic carbocycles. The molecule has 3 heterocycles. The number of fused-ring (bicyclic) bond motifs is 1. The Morgan fingerprint density at radius 1 is 1.20 bits per heavy atom. The van der Waals surface area contributed by atoms with Gasteiger partial charge in [-0.3, -0.25) is 4.79 Å². The molecule has 1 amide bonds. The van der Waals surface area contributed by atoms with Gasteiger partial charge in [0.15, 0.2) is 11.5 Å². The van der Waals surface area contributed by atoms with Crippen LogP contribution in [0, 0.1) is 0 Å². The number of para-hydroxylation sites is 2. The maximum absolute atomic E-state index is 12.4. The van der Waals surface area contributed by atoms with E-state index in [2.05, 4.69) is 15.5 Å². The summed E-state index contributed by atoms with van der Waals surface area (Å²) in [6.45, 7) is 1.92. The van der Waals surface area contributed by atoms with Crippen molar-refractivity contribution in [3.8, 4) is 22.2 Å². The molecule has 0 bridgehead atoms. The van der Waals surface area contributed by atoms with Crippen molar-refractivity contribution in [2.24, 2.45) is 0 Å². The van der Waals surface area contributed by atoms with Crippen molar-refractivity contribution in [3.05, 3.63) is 47.7 Å². The van der Waals surface area contributed by atoms with Crippen molar-refractivity contribution in [2.75, 3.05) is 0 Å². The lowest BCUT2D eigenvalue weighted by atomic mass is 10.1. The predicted molar refractivity (Wildman–Crippen MR) is 90.4 cm³/mol. The van der Waals surface area contributed by atoms with Crippen LogP contribution in [0.5, 0.6) is 11.5 Å². The van der Waals surface area contributed by atoms with Crippen LogP contribution < -0.4 is 14.8 Å². The summed E-state index contributed by atoms with van der Waals surface area (Å²) in [6, 6.07) is 11.1. The molecule has 1 N–H and O–H groups in total. The fourth-order valence-electron chi connectivity index (χ4n) is 2.50. The SMILES string of the molecule is C[C@H]1Oc2ccccc2O[C@@H]1C(=O)NCc1nc(-c2cccs2)no1. The number of thiophene rings is 1. The second-order valence-electron chi connectivity index (χ2n) is 5.51. The molecule has 3 aromatic rings. The van der Waals surface area contributed by atoms with Crippen LogP contribution in [0.3, 0.4) is 0 Å². The van der Waals surface area contributed by atoms with Crippen LogP contribution >= 0.6 is 11.3 Å². The summed E-state index contributed by atoms with van der Waals surface area (Å²) in [5.41, 5.74) is 0. The molecule has 0 fully saturated rings. The van der Waals surface area contributed by atoms with Crippen molar-refractivity contribution in [1.29, 1.82) is 0 Å². The molecule has 0 aliphatic carbocycles. The first kappa shape index (κ1) is 15.6. The average molecular weight is 357 g/mol. The number of ether oxygens (including phenoxy) is 2. The number of nitrogens with one attached hydrogen (secondary N) is 1. The van der Waals surface area contributed by atoms with Gasteiger partial charge in [-0.25, -0.2) is 0 Å². The third-order valence-corrected chi connectivity index (χ3v) is 4.59. The van der Waals surface area contributed by atoms with Crippen LogP contribution in [-0.2, 0) is 11.3 Å². The summed E-state index contributed by atoms with van der Waals surface area (Å²) < 4.78 is 16.7. The lowest BCUT2D eigenvalue weighted by Gasteiger charge is -2.30. The van der Waals surface area contributed by atoms with E-state index in [1.54, 1.807) is 13.0 Å². The van der Waals surface area contributed by atoms with Crippen LogP contribution in [-0.4, -0.2) is 28.3 Å². The number of carbonyl (C=O) groups excluding carboxylic acids is 1. The molecule has 4 rings (SSSR count). The molecule has 0 unspecified atom stereocenters. The van der Waals surface area contributed by atoms with Gasteiger partial charge in [-0.1, -0.05) is 23.4 Å². The first-order valence-corrected chi connectivity index (χ1v) is 8.65. The first-order valence-electron chi connectivity index (χ1n) is 7.77. The highest BCUT2D eigenvalue weighted by Crippen LogP contribution is 2.33. The zero-order chi connectivity index (χ0) is 17.2. The van der Waals surface area contributed by atoms with Gasteiger partial charge in [0.05, 0.1) is 11.4 Å². The van der Waals surface area contributed by atoms with Gasteiger partial charge in [0.25, 0.3) is 5.91 Å². The van der Waals surface area contributed by atoms with Crippen LogP contribution in [0.25, 0.3) is 10.7 Å². The summed E-state index contributed by atoms with van der Waals surface area (Å²) in [4.78, 5) is 17.6. The van der Waals surface area contributed by atoms with Crippen molar-refractivity contribution in [3.63, 3.8) is 0 Å². The fourth-order valence-corrected chi connectivity index (χ4v) is 3.15. The van der Waals surface area contributed by atoms with Gasteiger partial charge < -0.3 is 19.3 Å². The van der Waals surface area contributed by atoms with E-state index < -0.39 is 12.2 Å². The summed E-state index contributed by atoms with van der Waals surface area (Å²) in [5, 5.41) is 8.60. The number of carbonyl (C=O) groups is 1. The molecule has 8 heteroatoms. The maximum Gasteiger partial charge on any atom is 0.265 e. The fraction of sp³-hybridized carbons (Fsp3) is 0.235. The molecule has 0 spiro atoms. The standard InChI is InChI=1S/C17H15N3O4S/c1-10-15(23-12-6-3-2-5-11(12)22-10)17(21)18-9-14-19-16(20-24-14)13-7-4-8-25-13/h2-8,10,15H,9H2,1H3,(H,18,21)/t10-,15+/m1/s1. The highest BCUT2D eigenvalue weighted by Gasteiger charge is 2.34. The van der Waals surface area contributed by atoms with E-state index in [0.29, 0.717) is 23.2 Å². The Kier molecular flexibility index (Phi) is 4.10. The molecular weight excluding hydrogens is 342 g/mol. The number of rotatable bonds is 4. The normalized spacial score (nSPS) is 18.8. The van der Waals surface area contributed by atoms with Crippen molar-refractivity contribution < 1.29 is 18.8 Å². The lowest BCUT2D eigenvalue weighted by molar-refractivity contribution is -0.133. The Morgan fingerprint density at radius 3 is 2.76 bits per heavy atom. The summed E-state index contributed by atoms with van der Waals surface area (Å²) in [6.07, 6.45) is -1.14. The maximum atomic E-state index is 12.4. The summed E-state index contributed by atoms with van der Waals surface area (Å²) >= 11 is 1.52. The smallest absolute Gasteiger partial charge is 0.265 e. The largest absolute Gasteiger partial charge is 0.482 e. The van der Waals surface area contributed by atoms with E-state index in [0.717, 1.165) is 4.88 Å². The van der Waals surface area contributed by atoms with Gasteiger partial charge in [0.1, 0.15) is 6.10 Å². The third kappa shape index (κ3) is 3.20. The molecule has 2 atom stereocenters. The van der Waals surface area contributed by atoms with Crippen molar-refractivity contribution in [1.82, 2.24) is 15.5 Å². The molecule has 1 aliphatic heterocycles. The molecule has 2 aromatic heterocycles. The molecule has 0 saturated carbocycles. The van der Waals surface area contributed by atoms with Gasteiger partial charge >= 0.3 is 0 Å². The Morgan fingerprint density at radius 2 is 2.00 bits per heavy atom. The number of nitrogens with zero attached hydrogens (tertiary/aromatic N) is 2. The van der Waals surface area contributed by atoms with Crippen LogP contribution in [0.15, 0.2) is 46.3 Å². The Labute approximate surface area is 147 Å². The molecular formula is C17H15N3O4S. The van der Waals surface area contributed by atoms with Gasteiger partial charge in [0.2, 0.25) is 17.8 Å². The van der Waals surface area contributed by atoms with Crippen LogP contribution in [0.1, 0.15) is 12.8 Å². The van der Waals surface area contributed by atoms with E-state index in [9.17, 15) is 4.79 Å². The predicted octanol–water partition coefficient (Wildman–Crippen LogP) is 2.64. The summed E-state index contributed by atoms with van der Waals surface area (Å²) in [7, 11) is 0. The number of aromatic nitrogens is 2. The first-order chi connectivity index (χ1) is 12.2. The molecule has 0 saturated heterocycles. The van der Waals surface area contributed by atoms with Gasteiger partial charge in [0, 0.05) is 0 Å². The highest BCUT2D eigenvalue weighted by molar-refractivity contribution is 7.13. The number of hydrogen-bond acceptors (Lipinski definition) is 7. The Bertz CT molecular complexity index is 878. The number of amides is 1. The van der Waals surface area contributed by atoms with Crippen LogP contribution in [0.2, 0.25) is 0 Å².